The van der Waals surface area contributed by atoms with E-state index in [4.69, 9.17) is 9.63 Å². The molecule has 2 rings (SSSR count). The molecule has 112 valence electrons. The Bertz CT molecular complexity index is 785. The van der Waals surface area contributed by atoms with Gasteiger partial charge >= 0.3 is 5.97 Å². The number of carboxylic acids is 1. The molecule has 1 heterocycles. The lowest BCUT2D eigenvalue weighted by atomic mass is 10.1. The van der Waals surface area contributed by atoms with Crippen LogP contribution in [0.3, 0.4) is 0 Å². The number of sulfone groups is 1. The molecule has 0 saturated heterocycles. The van der Waals surface area contributed by atoms with E-state index in [1.54, 1.807) is 20.8 Å². The average molecular weight is 309 g/mol. The normalized spacial score (nSPS) is 11.6. The molecule has 0 unspecified atom stereocenters. The zero-order chi connectivity index (χ0) is 15.8. The van der Waals surface area contributed by atoms with Gasteiger partial charge in [-0.15, -0.1) is 0 Å². The Balaban J connectivity index is 2.49. The third-order valence-corrected chi connectivity index (χ3v) is 5.06. The van der Waals surface area contributed by atoms with Gasteiger partial charge in [-0.1, -0.05) is 11.2 Å². The SMILES string of the molecule is Cc1ccc(C(=O)O)cc1S(=O)(=O)Cc1c(C)noc1C. The maximum Gasteiger partial charge on any atom is 0.335 e. The molecule has 21 heavy (non-hydrogen) atoms. The monoisotopic (exact) mass is 309 g/mol. The van der Waals surface area contributed by atoms with Crippen LogP contribution >= 0.6 is 0 Å². The second-order valence-corrected chi connectivity index (χ2v) is 6.81. The highest BCUT2D eigenvalue weighted by molar-refractivity contribution is 7.90. The Labute approximate surface area is 122 Å². The molecule has 0 atom stereocenters. The summed E-state index contributed by atoms with van der Waals surface area (Å²) in [6.07, 6.45) is 0. The Hall–Kier alpha value is -2.15. The van der Waals surface area contributed by atoms with Crippen LogP contribution in [0.15, 0.2) is 27.6 Å². The summed E-state index contributed by atoms with van der Waals surface area (Å²) in [5, 5.41) is 12.7. The fourth-order valence-electron chi connectivity index (χ4n) is 2.04. The van der Waals surface area contributed by atoms with Gasteiger partial charge in [0.2, 0.25) is 0 Å². The molecule has 6 nitrogen and oxygen atoms in total. The van der Waals surface area contributed by atoms with E-state index < -0.39 is 15.8 Å². The van der Waals surface area contributed by atoms with Gasteiger partial charge in [-0.05, 0) is 38.5 Å². The molecule has 2 aromatic rings. The summed E-state index contributed by atoms with van der Waals surface area (Å²) in [4.78, 5) is 11.0. The van der Waals surface area contributed by atoms with Gasteiger partial charge < -0.3 is 9.63 Å². The largest absolute Gasteiger partial charge is 0.478 e. The molecule has 0 spiro atoms. The minimum Gasteiger partial charge on any atom is -0.478 e. The first-order valence-electron chi connectivity index (χ1n) is 6.21. The van der Waals surface area contributed by atoms with Gasteiger partial charge in [0, 0.05) is 5.56 Å². The number of aryl methyl sites for hydroxylation is 3. The van der Waals surface area contributed by atoms with Crippen LogP contribution in [0.2, 0.25) is 0 Å². The zero-order valence-electron chi connectivity index (χ0n) is 11.9. The molecule has 0 radical (unpaired) electrons. The van der Waals surface area contributed by atoms with Crippen LogP contribution in [0.1, 0.15) is 32.9 Å². The van der Waals surface area contributed by atoms with Crippen molar-refractivity contribution < 1.29 is 22.8 Å². The summed E-state index contributed by atoms with van der Waals surface area (Å²) in [5.74, 6) is -0.982. The Morgan fingerprint density at radius 1 is 1.29 bits per heavy atom. The topological polar surface area (TPSA) is 97.5 Å². The van der Waals surface area contributed by atoms with Crippen molar-refractivity contribution in [1.29, 1.82) is 0 Å². The van der Waals surface area contributed by atoms with Crippen LogP contribution in [-0.4, -0.2) is 24.7 Å². The smallest absolute Gasteiger partial charge is 0.335 e. The van der Waals surface area contributed by atoms with Crippen molar-refractivity contribution in [3.05, 3.63) is 46.3 Å². The molecule has 0 fully saturated rings. The van der Waals surface area contributed by atoms with Crippen molar-refractivity contribution in [2.24, 2.45) is 0 Å². The van der Waals surface area contributed by atoms with Gasteiger partial charge in [0.25, 0.3) is 0 Å². The number of benzene rings is 1. The molecule has 1 aromatic heterocycles. The number of carboxylic acid groups (broad SMARTS) is 1. The number of hydrogen-bond acceptors (Lipinski definition) is 5. The van der Waals surface area contributed by atoms with Gasteiger partial charge in [0.1, 0.15) is 5.76 Å². The van der Waals surface area contributed by atoms with Crippen molar-refractivity contribution in [3.63, 3.8) is 0 Å². The molecule has 0 bridgehead atoms. The Kier molecular flexibility index (Phi) is 3.87. The standard InChI is InChI=1S/C14H15NO5S/c1-8-4-5-11(14(16)17)6-13(8)21(18,19)7-12-9(2)15-20-10(12)3/h4-6H,7H2,1-3H3,(H,16,17). The van der Waals surface area contributed by atoms with Crippen LogP contribution in [0.5, 0.6) is 0 Å². The lowest BCUT2D eigenvalue weighted by Crippen LogP contribution is -2.09. The maximum absolute atomic E-state index is 12.5. The molecule has 1 aromatic carbocycles. The van der Waals surface area contributed by atoms with Crippen molar-refractivity contribution in [2.75, 3.05) is 0 Å². The third-order valence-electron chi connectivity index (χ3n) is 3.29. The first kappa shape index (κ1) is 15.2. The number of aromatic carboxylic acids is 1. The quantitative estimate of drug-likeness (QED) is 0.930. The van der Waals surface area contributed by atoms with E-state index in [-0.39, 0.29) is 16.2 Å². The minimum atomic E-state index is -3.68. The second-order valence-electron chi connectivity index (χ2n) is 4.85. The Morgan fingerprint density at radius 2 is 1.95 bits per heavy atom. The van der Waals surface area contributed by atoms with Crippen molar-refractivity contribution >= 4 is 15.8 Å². The Morgan fingerprint density at radius 3 is 2.48 bits per heavy atom. The third kappa shape index (κ3) is 2.97. The predicted molar refractivity (Wildman–Crippen MR) is 75.0 cm³/mol. The van der Waals surface area contributed by atoms with Gasteiger partial charge in [-0.2, -0.15) is 0 Å². The molecular weight excluding hydrogens is 294 g/mol. The van der Waals surface area contributed by atoms with Crippen LogP contribution in [0.25, 0.3) is 0 Å². The highest BCUT2D eigenvalue weighted by Gasteiger charge is 2.23. The van der Waals surface area contributed by atoms with E-state index in [1.165, 1.54) is 18.2 Å². The molecule has 1 N–H and O–H groups in total. The summed E-state index contributed by atoms with van der Waals surface area (Å²) in [6, 6.07) is 4.06. The molecule has 7 heteroatoms. The first-order chi connectivity index (χ1) is 9.72. The van der Waals surface area contributed by atoms with Gasteiger partial charge in [-0.3, -0.25) is 0 Å². The van der Waals surface area contributed by atoms with Crippen LogP contribution in [-0.2, 0) is 15.6 Å². The van der Waals surface area contributed by atoms with Crippen molar-refractivity contribution in [1.82, 2.24) is 5.16 Å². The molecule has 0 aliphatic rings. The van der Waals surface area contributed by atoms with Gasteiger partial charge in [-0.25, -0.2) is 13.2 Å². The summed E-state index contributed by atoms with van der Waals surface area (Å²) >= 11 is 0. The molecule has 0 aliphatic heterocycles. The van der Waals surface area contributed by atoms with E-state index in [0.29, 0.717) is 22.6 Å². The van der Waals surface area contributed by atoms with Crippen LogP contribution in [0.4, 0.5) is 0 Å². The summed E-state index contributed by atoms with van der Waals surface area (Å²) in [6.45, 7) is 4.94. The maximum atomic E-state index is 12.5. The lowest BCUT2D eigenvalue weighted by molar-refractivity contribution is 0.0696. The first-order valence-corrected chi connectivity index (χ1v) is 7.86. The number of carbonyl (C=O) groups is 1. The molecule has 0 aliphatic carbocycles. The summed E-state index contributed by atoms with van der Waals surface area (Å²) in [5.41, 5.74) is 1.47. The molecule has 0 amide bonds. The van der Waals surface area contributed by atoms with Crippen molar-refractivity contribution in [3.8, 4) is 0 Å². The fraction of sp³-hybridized carbons (Fsp3) is 0.286. The number of rotatable bonds is 4. The van der Waals surface area contributed by atoms with E-state index in [2.05, 4.69) is 5.16 Å². The minimum absolute atomic E-state index is 0.0161. The number of aromatic nitrogens is 1. The predicted octanol–water partition coefficient (Wildman–Crippen LogP) is 2.27. The van der Waals surface area contributed by atoms with Crippen LogP contribution in [0, 0.1) is 20.8 Å². The fourth-order valence-corrected chi connectivity index (χ4v) is 3.86. The van der Waals surface area contributed by atoms with Gasteiger partial charge in [0.15, 0.2) is 9.84 Å². The average Bonchev–Trinajstić information content (AvgIpc) is 2.70. The lowest BCUT2D eigenvalue weighted by Gasteiger charge is -2.08. The number of hydrogen-bond donors (Lipinski definition) is 1. The summed E-state index contributed by atoms with van der Waals surface area (Å²) < 4.78 is 30.0. The molecular formula is C14H15NO5S. The second kappa shape index (κ2) is 5.33. The zero-order valence-corrected chi connectivity index (χ0v) is 12.7. The van der Waals surface area contributed by atoms with E-state index in [9.17, 15) is 13.2 Å². The van der Waals surface area contributed by atoms with E-state index >= 15 is 0 Å². The summed E-state index contributed by atoms with van der Waals surface area (Å²) in [7, 11) is -3.68. The van der Waals surface area contributed by atoms with Crippen LogP contribution < -0.4 is 0 Å². The van der Waals surface area contributed by atoms with E-state index in [1.807, 2.05) is 0 Å². The highest BCUT2D eigenvalue weighted by Crippen LogP contribution is 2.24. The molecule has 0 saturated carbocycles. The highest BCUT2D eigenvalue weighted by atomic mass is 32.2. The van der Waals surface area contributed by atoms with E-state index in [0.717, 1.165) is 0 Å². The van der Waals surface area contributed by atoms with Crippen molar-refractivity contribution in [2.45, 2.75) is 31.4 Å². The number of nitrogens with zero attached hydrogens (tertiary/aromatic N) is 1. The van der Waals surface area contributed by atoms with Gasteiger partial charge in [0.05, 0.1) is 21.9 Å².